The monoisotopic (exact) mass is 403 g/mol. The van der Waals surface area contributed by atoms with Gasteiger partial charge in [-0.1, -0.05) is 54.6 Å². The van der Waals surface area contributed by atoms with Crippen molar-refractivity contribution in [2.24, 2.45) is 0 Å². The summed E-state index contributed by atoms with van der Waals surface area (Å²) < 4.78 is 25.6. The quantitative estimate of drug-likeness (QED) is 0.691. The molecule has 3 aromatic rings. The van der Waals surface area contributed by atoms with Crippen LogP contribution in [0.1, 0.15) is 22.7 Å². The molecule has 1 unspecified atom stereocenters. The van der Waals surface area contributed by atoms with Crippen LogP contribution < -0.4 is 9.47 Å². The summed E-state index contributed by atoms with van der Waals surface area (Å²) in [5.41, 5.74) is 2.18. The van der Waals surface area contributed by atoms with Crippen LogP contribution in [-0.2, 0) is 11.3 Å². The Morgan fingerprint density at radius 1 is 0.967 bits per heavy atom. The van der Waals surface area contributed by atoms with Crippen LogP contribution in [0.4, 0.5) is 4.39 Å². The van der Waals surface area contributed by atoms with E-state index in [0.717, 1.165) is 5.56 Å². The van der Waals surface area contributed by atoms with Crippen LogP contribution in [0.5, 0.6) is 11.5 Å². The number of rotatable bonds is 4. The Kier molecular flexibility index (Phi) is 4.39. The summed E-state index contributed by atoms with van der Waals surface area (Å²) in [5, 5.41) is 10.8. The van der Waals surface area contributed by atoms with Gasteiger partial charge in [-0.05, 0) is 29.3 Å². The molecule has 2 aliphatic rings. The minimum atomic E-state index is -0.758. The normalized spacial score (nSPS) is 17.7. The molecule has 0 radical (unpaired) electrons. The summed E-state index contributed by atoms with van der Waals surface area (Å²) >= 11 is 0. The fourth-order valence-corrected chi connectivity index (χ4v) is 3.99. The SMILES string of the molecule is O=C1C(O)=C(c2ccccc2)C(c2ccccc2F)N1Cc1ccc2c(c1)OCO2. The Balaban J connectivity index is 1.59. The summed E-state index contributed by atoms with van der Waals surface area (Å²) in [7, 11) is 0. The third kappa shape index (κ3) is 2.97. The summed E-state index contributed by atoms with van der Waals surface area (Å²) in [4.78, 5) is 14.5. The highest BCUT2D eigenvalue weighted by atomic mass is 19.1. The Morgan fingerprint density at radius 3 is 2.50 bits per heavy atom. The molecule has 1 N–H and O–H groups in total. The molecule has 1 amide bonds. The lowest BCUT2D eigenvalue weighted by atomic mass is 9.93. The van der Waals surface area contributed by atoms with E-state index in [2.05, 4.69) is 0 Å². The molecule has 3 aromatic carbocycles. The molecular formula is C24H18FNO4. The number of benzene rings is 3. The van der Waals surface area contributed by atoms with Gasteiger partial charge < -0.3 is 19.5 Å². The Morgan fingerprint density at radius 2 is 1.70 bits per heavy atom. The van der Waals surface area contributed by atoms with E-state index in [-0.39, 0.29) is 19.1 Å². The van der Waals surface area contributed by atoms with E-state index in [9.17, 15) is 14.3 Å². The number of ether oxygens (including phenoxy) is 2. The van der Waals surface area contributed by atoms with Gasteiger partial charge in [0.05, 0.1) is 6.04 Å². The minimum absolute atomic E-state index is 0.153. The molecule has 30 heavy (non-hydrogen) atoms. The molecule has 1 atom stereocenters. The van der Waals surface area contributed by atoms with Gasteiger partial charge in [0.2, 0.25) is 6.79 Å². The van der Waals surface area contributed by atoms with Gasteiger partial charge in [-0.3, -0.25) is 4.79 Å². The van der Waals surface area contributed by atoms with Crippen LogP contribution in [0.2, 0.25) is 0 Å². The molecule has 0 fully saturated rings. The third-order valence-corrected chi connectivity index (χ3v) is 5.38. The fourth-order valence-electron chi connectivity index (χ4n) is 3.99. The molecule has 0 bridgehead atoms. The van der Waals surface area contributed by atoms with E-state index in [1.165, 1.54) is 11.0 Å². The van der Waals surface area contributed by atoms with E-state index in [4.69, 9.17) is 9.47 Å². The summed E-state index contributed by atoms with van der Waals surface area (Å²) in [6.45, 7) is 0.328. The molecule has 6 heteroatoms. The second-order valence-electron chi connectivity index (χ2n) is 7.17. The van der Waals surface area contributed by atoms with Crippen LogP contribution in [-0.4, -0.2) is 22.7 Å². The Bertz CT molecular complexity index is 1160. The number of hydrogen-bond donors (Lipinski definition) is 1. The zero-order valence-corrected chi connectivity index (χ0v) is 15.9. The fraction of sp³-hybridized carbons (Fsp3) is 0.125. The smallest absolute Gasteiger partial charge is 0.290 e. The van der Waals surface area contributed by atoms with Gasteiger partial charge in [0.1, 0.15) is 5.82 Å². The number of aliphatic hydroxyl groups excluding tert-OH is 1. The highest BCUT2D eigenvalue weighted by molar-refractivity contribution is 6.05. The maximum absolute atomic E-state index is 14.8. The van der Waals surface area contributed by atoms with Crippen molar-refractivity contribution < 1.29 is 23.8 Å². The first-order chi connectivity index (χ1) is 14.6. The summed E-state index contributed by atoms with van der Waals surface area (Å²) in [6.07, 6.45) is 0. The van der Waals surface area contributed by atoms with Crippen LogP contribution >= 0.6 is 0 Å². The largest absolute Gasteiger partial charge is 0.503 e. The van der Waals surface area contributed by atoms with Crippen LogP contribution in [0, 0.1) is 5.82 Å². The van der Waals surface area contributed by atoms with E-state index in [1.54, 1.807) is 42.5 Å². The molecule has 0 saturated heterocycles. The van der Waals surface area contributed by atoms with Gasteiger partial charge in [0, 0.05) is 17.7 Å². The lowest BCUT2D eigenvalue weighted by molar-refractivity contribution is -0.130. The number of carbonyl (C=O) groups excluding carboxylic acids is 1. The average Bonchev–Trinajstić information content (AvgIpc) is 3.33. The zero-order valence-electron chi connectivity index (χ0n) is 15.9. The number of hydrogen-bond acceptors (Lipinski definition) is 4. The van der Waals surface area contributed by atoms with Crippen LogP contribution in [0.3, 0.4) is 0 Å². The van der Waals surface area contributed by atoms with Gasteiger partial charge in [0.25, 0.3) is 5.91 Å². The number of aliphatic hydroxyl groups is 1. The average molecular weight is 403 g/mol. The zero-order chi connectivity index (χ0) is 20.7. The molecule has 0 saturated carbocycles. The first kappa shape index (κ1) is 18.2. The van der Waals surface area contributed by atoms with Crippen molar-refractivity contribution in [3.8, 4) is 11.5 Å². The molecule has 2 aliphatic heterocycles. The van der Waals surface area contributed by atoms with Crippen molar-refractivity contribution in [1.82, 2.24) is 4.90 Å². The molecular weight excluding hydrogens is 385 g/mol. The molecule has 5 nitrogen and oxygen atoms in total. The summed E-state index contributed by atoms with van der Waals surface area (Å²) in [6, 6.07) is 20.1. The van der Waals surface area contributed by atoms with Crippen molar-refractivity contribution in [3.63, 3.8) is 0 Å². The van der Waals surface area contributed by atoms with Crippen LogP contribution in [0.15, 0.2) is 78.6 Å². The van der Waals surface area contributed by atoms with Gasteiger partial charge in [0.15, 0.2) is 17.3 Å². The van der Waals surface area contributed by atoms with E-state index >= 15 is 0 Å². The van der Waals surface area contributed by atoms with Crippen molar-refractivity contribution >= 4 is 11.5 Å². The van der Waals surface area contributed by atoms with Crippen LogP contribution in [0.25, 0.3) is 5.57 Å². The van der Waals surface area contributed by atoms with Crippen molar-refractivity contribution in [3.05, 3.63) is 101 Å². The highest BCUT2D eigenvalue weighted by Crippen LogP contribution is 2.44. The predicted molar refractivity (Wildman–Crippen MR) is 108 cm³/mol. The van der Waals surface area contributed by atoms with Crippen molar-refractivity contribution in [2.75, 3.05) is 6.79 Å². The van der Waals surface area contributed by atoms with E-state index in [1.807, 2.05) is 24.3 Å². The minimum Gasteiger partial charge on any atom is -0.503 e. The van der Waals surface area contributed by atoms with Crippen molar-refractivity contribution in [1.29, 1.82) is 0 Å². The van der Waals surface area contributed by atoms with Crippen molar-refractivity contribution in [2.45, 2.75) is 12.6 Å². The predicted octanol–water partition coefficient (Wildman–Crippen LogP) is 4.61. The maximum atomic E-state index is 14.8. The van der Waals surface area contributed by atoms with E-state index in [0.29, 0.717) is 28.2 Å². The lowest BCUT2D eigenvalue weighted by Gasteiger charge is -2.28. The molecule has 150 valence electrons. The van der Waals surface area contributed by atoms with Gasteiger partial charge in [-0.2, -0.15) is 0 Å². The number of carbonyl (C=O) groups is 1. The molecule has 0 spiro atoms. The molecule has 0 aromatic heterocycles. The Labute approximate surface area is 172 Å². The standard InChI is InChI=1S/C24H18FNO4/c25-18-9-5-4-8-17(18)22-21(16-6-2-1-3-7-16)23(27)24(28)26(22)13-15-10-11-19-20(12-15)30-14-29-19/h1-12,22,27H,13-14H2. The second kappa shape index (κ2) is 7.22. The Hall–Kier alpha value is -3.80. The van der Waals surface area contributed by atoms with Gasteiger partial charge >= 0.3 is 0 Å². The second-order valence-corrected chi connectivity index (χ2v) is 7.17. The topological polar surface area (TPSA) is 59.0 Å². The third-order valence-electron chi connectivity index (χ3n) is 5.38. The number of fused-ring (bicyclic) bond motifs is 1. The van der Waals surface area contributed by atoms with E-state index < -0.39 is 17.8 Å². The van der Waals surface area contributed by atoms with Gasteiger partial charge in [-0.15, -0.1) is 0 Å². The molecule has 0 aliphatic carbocycles. The lowest BCUT2D eigenvalue weighted by Crippen LogP contribution is -2.30. The number of nitrogens with zero attached hydrogens (tertiary/aromatic N) is 1. The first-order valence-corrected chi connectivity index (χ1v) is 9.56. The molecule has 5 rings (SSSR count). The van der Waals surface area contributed by atoms with Gasteiger partial charge in [-0.25, -0.2) is 4.39 Å². The maximum Gasteiger partial charge on any atom is 0.290 e. The number of amides is 1. The summed E-state index contributed by atoms with van der Waals surface area (Å²) in [5.74, 6) is -0.103. The molecule has 2 heterocycles. The number of halogens is 1. The highest BCUT2D eigenvalue weighted by Gasteiger charge is 2.42. The first-order valence-electron chi connectivity index (χ1n) is 9.56.